The summed E-state index contributed by atoms with van der Waals surface area (Å²) in [5.74, 6) is -6.57. The van der Waals surface area contributed by atoms with Gasteiger partial charge in [0.15, 0.2) is 0 Å². The molecule has 0 aromatic carbocycles. The van der Waals surface area contributed by atoms with Gasteiger partial charge in [0.25, 0.3) is 5.41 Å². The second-order valence-electron chi connectivity index (χ2n) is 5.88. The highest BCUT2D eigenvalue weighted by Crippen LogP contribution is 2.26. The van der Waals surface area contributed by atoms with Gasteiger partial charge < -0.3 is 25.1 Å². The first-order chi connectivity index (χ1) is 12.7. The van der Waals surface area contributed by atoms with Crippen LogP contribution in [0.2, 0.25) is 0 Å². The SMILES string of the molecule is N#Cc1ccc(N2CCN(C(=O)CC(C(=O)O)(C(=O)O)C(=O)O)CC2)nc1. The number of hydrogen-bond donors (Lipinski definition) is 3. The number of nitrogens with zero attached hydrogens (tertiary/aromatic N) is 4. The third kappa shape index (κ3) is 3.79. The maximum Gasteiger partial charge on any atom is 0.333 e. The number of carbonyl (C=O) groups is 4. The van der Waals surface area contributed by atoms with Crippen LogP contribution in [0.3, 0.4) is 0 Å². The van der Waals surface area contributed by atoms with Crippen molar-refractivity contribution in [3.8, 4) is 6.07 Å². The Hall–Kier alpha value is -3.68. The molecule has 0 atom stereocenters. The van der Waals surface area contributed by atoms with E-state index in [4.69, 9.17) is 20.6 Å². The normalized spacial score (nSPS) is 14.3. The van der Waals surface area contributed by atoms with Crippen molar-refractivity contribution < 1.29 is 34.5 Å². The Morgan fingerprint density at radius 3 is 2.00 bits per heavy atom. The number of nitriles is 1. The van der Waals surface area contributed by atoms with Crippen molar-refractivity contribution in [2.45, 2.75) is 6.42 Å². The van der Waals surface area contributed by atoms with Crippen LogP contribution in [0.5, 0.6) is 0 Å². The van der Waals surface area contributed by atoms with Crippen molar-refractivity contribution >= 4 is 29.6 Å². The molecule has 0 spiro atoms. The Morgan fingerprint density at radius 1 is 1.04 bits per heavy atom. The molecule has 3 N–H and O–H groups in total. The Balaban J connectivity index is 2.05. The number of aromatic nitrogens is 1. The summed E-state index contributed by atoms with van der Waals surface area (Å²) in [4.78, 5) is 53.2. The Bertz CT molecular complexity index is 771. The van der Waals surface area contributed by atoms with Crippen molar-refractivity contribution in [2.75, 3.05) is 31.1 Å². The quantitative estimate of drug-likeness (QED) is 0.535. The first kappa shape index (κ1) is 19.6. The molecular formula is C16H16N4O7. The minimum absolute atomic E-state index is 0.148. The zero-order valence-corrected chi connectivity index (χ0v) is 14.0. The molecule has 1 saturated heterocycles. The van der Waals surface area contributed by atoms with Crippen molar-refractivity contribution in [3.05, 3.63) is 23.9 Å². The van der Waals surface area contributed by atoms with Gasteiger partial charge in [-0.1, -0.05) is 0 Å². The van der Waals surface area contributed by atoms with E-state index >= 15 is 0 Å². The van der Waals surface area contributed by atoms with Crippen LogP contribution in [-0.4, -0.2) is 75.2 Å². The van der Waals surface area contributed by atoms with E-state index in [-0.39, 0.29) is 13.1 Å². The van der Waals surface area contributed by atoms with E-state index in [0.717, 1.165) is 0 Å². The molecule has 1 aliphatic heterocycles. The molecular weight excluding hydrogens is 360 g/mol. The van der Waals surface area contributed by atoms with E-state index in [2.05, 4.69) is 4.98 Å². The van der Waals surface area contributed by atoms with Crippen molar-refractivity contribution in [1.82, 2.24) is 9.88 Å². The number of carboxylic acids is 3. The molecule has 0 aliphatic carbocycles. The van der Waals surface area contributed by atoms with Gasteiger partial charge in [0.1, 0.15) is 11.9 Å². The highest BCUT2D eigenvalue weighted by atomic mass is 16.4. The molecule has 11 nitrogen and oxygen atoms in total. The summed E-state index contributed by atoms with van der Waals surface area (Å²) in [6, 6.07) is 5.20. The van der Waals surface area contributed by atoms with Gasteiger partial charge in [0.2, 0.25) is 5.91 Å². The number of piperazine rings is 1. The largest absolute Gasteiger partial charge is 0.480 e. The first-order valence-corrected chi connectivity index (χ1v) is 7.81. The summed E-state index contributed by atoms with van der Waals surface area (Å²) in [5, 5.41) is 36.0. The summed E-state index contributed by atoms with van der Waals surface area (Å²) >= 11 is 0. The maximum atomic E-state index is 12.3. The van der Waals surface area contributed by atoms with Crippen molar-refractivity contribution in [2.24, 2.45) is 5.41 Å². The molecule has 1 aromatic heterocycles. The number of carbonyl (C=O) groups excluding carboxylic acids is 1. The number of amides is 1. The second-order valence-corrected chi connectivity index (χ2v) is 5.88. The van der Waals surface area contributed by atoms with Gasteiger partial charge >= 0.3 is 17.9 Å². The van der Waals surface area contributed by atoms with E-state index in [0.29, 0.717) is 24.5 Å². The number of rotatable bonds is 6. The average Bonchev–Trinajstić information content (AvgIpc) is 2.65. The fourth-order valence-corrected chi connectivity index (χ4v) is 2.66. The molecule has 1 fully saturated rings. The van der Waals surface area contributed by atoms with Gasteiger partial charge in [-0.2, -0.15) is 5.26 Å². The van der Waals surface area contributed by atoms with Gasteiger partial charge in [-0.05, 0) is 12.1 Å². The van der Waals surface area contributed by atoms with Gasteiger partial charge in [-0.3, -0.25) is 19.2 Å². The molecule has 142 valence electrons. The van der Waals surface area contributed by atoms with Gasteiger partial charge in [0.05, 0.1) is 12.0 Å². The van der Waals surface area contributed by atoms with Crippen molar-refractivity contribution in [1.29, 1.82) is 5.26 Å². The third-order valence-corrected chi connectivity index (χ3v) is 4.35. The van der Waals surface area contributed by atoms with E-state index < -0.39 is 35.7 Å². The lowest BCUT2D eigenvalue weighted by molar-refractivity contribution is -0.178. The molecule has 1 amide bonds. The lowest BCUT2D eigenvalue weighted by Crippen LogP contribution is -2.53. The number of carboxylic acid groups (broad SMARTS) is 3. The summed E-state index contributed by atoms with van der Waals surface area (Å²) in [7, 11) is 0. The molecule has 11 heteroatoms. The molecule has 0 unspecified atom stereocenters. The summed E-state index contributed by atoms with van der Waals surface area (Å²) in [5.41, 5.74) is -2.82. The van der Waals surface area contributed by atoms with Gasteiger partial charge in [-0.25, -0.2) is 4.98 Å². The number of anilines is 1. The Morgan fingerprint density at radius 2 is 1.59 bits per heavy atom. The monoisotopic (exact) mass is 376 g/mol. The second kappa shape index (κ2) is 7.69. The van der Waals surface area contributed by atoms with E-state index in [1.165, 1.54) is 11.1 Å². The van der Waals surface area contributed by atoms with Gasteiger partial charge in [0, 0.05) is 32.4 Å². The van der Waals surface area contributed by atoms with Crippen LogP contribution in [-0.2, 0) is 19.2 Å². The predicted octanol–water partition coefficient (Wildman–Crippen LogP) is -0.768. The lowest BCUT2D eigenvalue weighted by atomic mass is 9.84. The van der Waals surface area contributed by atoms with Crippen LogP contribution in [0.1, 0.15) is 12.0 Å². The fraction of sp³-hybridized carbons (Fsp3) is 0.375. The predicted molar refractivity (Wildman–Crippen MR) is 87.7 cm³/mol. The minimum Gasteiger partial charge on any atom is -0.480 e. The third-order valence-electron chi connectivity index (χ3n) is 4.35. The van der Waals surface area contributed by atoms with Crippen LogP contribution < -0.4 is 4.90 Å². The number of hydrogen-bond acceptors (Lipinski definition) is 7. The van der Waals surface area contributed by atoms with Crippen LogP contribution in [0.15, 0.2) is 18.3 Å². The summed E-state index contributed by atoms with van der Waals surface area (Å²) < 4.78 is 0. The maximum absolute atomic E-state index is 12.3. The standard InChI is InChI=1S/C16H16N4O7/c17-8-10-1-2-11(18-9-10)19-3-5-20(6-4-19)12(21)7-16(13(22)23,14(24)25)15(26)27/h1-2,9H,3-7H2,(H,22,23)(H,24,25)(H,26,27). The first-order valence-electron chi connectivity index (χ1n) is 7.81. The zero-order chi connectivity index (χ0) is 20.2. The van der Waals surface area contributed by atoms with Crippen LogP contribution in [0.4, 0.5) is 5.82 Å². The van der Waals surface area contributed by atoms with Crippen LogP contribution >= 0.6 is 0 Å². The molecule has 0 radical (unpaired) electrons. The average molecular weight is 376 g/mol. The summed E-state index contributed by atoms with van der Waals surface area (Å²) in [6.07, 6.45) is 0.232. The topological polar surface area (TPSA) is 172 Å². The van der Waals surface area contributed by atoms with E-state index in [9.17, 15) is 19.2 Å². The minimum atomic E-state index is -3.22. The van der Waals surface area contributed by atoms with Crippen LogP contribution in [0, 0.1) is 16.7 Å². The molecule has 2 heterocycles. The highest BCUT2D eigenvalue weighted by Gasteiger charge is 2.56. The smallest absolute Gasteiger partial charge is 0.333 e. The van der Waals surface area contributed by atoms with Crippen LogP contribution in [0.25, 0.3) is 0 Å². The van der Waals surface area contributed by atoms with Gasteiger partial charge in [-0.15, -0.1) is 0 Å². The number of pyridine rings is 1. The highest BCUT2D eigenvalue weighted by molar-refractivity contribution is 6.18. The molecule has 27 heavy (non-hydrogen) atoms. The molecule has 1 aliphatic rings. The van der Waals surface area contributed by atoms with E-state index in [1.54, 1.807) is 12.1 Å². The molecule has 0 saturated carbocycles. The lowest BCUT2D eigenvalue weighted by Gasteiger charge is -2.36. The molecule has 1 aromatic rings. The molecule has 2 rings (SSSR count). The Labute approximate surface area is 153 Å². The zero-order valence-electron chi connectivity index (χ0n) is 14.0. The van der Waals surface area contributed by atoms with Crippen molar-refractivity contribution in [3.63, 3.8) is 0 Å². The number of aliphatic carboxylic acids is 3. The summed E-state index contributed by atoms with van der Waals surface area (Å²) in [6.45, 7) is 0.973. The molecule has 0 bridgehead atoms. The fourth-order valence-electron chi connectivity index (χ4n) is 2.66. The van der Waals surface area contributed by atoms with E-state index in [1.807, 2.05) is 11.0 Å². The Kier molecular flexibility index (Phi) is 5.60.